The number of hydrogen-bond donors (Lipinski definition) is 1. The normalized spacial score (nSPS) is 11.9. The van der Waals surface area contributed by atoms with Crippen LogP contribution in [0.25, 0.3) is 0 Å². The summed E-state index contributed by atoms with van der Waals surface area (Å²) in [4.78, 5) is 0. The molecular formula is C14H20N2O. The minimum atomic E-state index is 0.235. The maximum absolute atomic E-state index is 8.67. The van der Waals surface area contributed by atoms with Gasteiger partial charge in [0.25, 0.3) is 0 Å². The van der Waals surface area contributed by atoms with E-state index in [1.54, 1.807) is 7.11 Å². The van der Waals surface area contributed by atoms with Gasteiger partial charge in [0.15, 0.2) is 0 Å². The summed E-state index contributed by atoms with van der Waals surface area (Å²) in [7, 11) is 3.62. The molecule has 0 amide bonds. The Morgan fingerprint density at radius 3 is 2.59 bits per heavy atom. The quantitative estimate of drug-likeness (QED) is 0.849. The molecule has 1 aromatic rings. The molecule has 0 aliphatic heterocycles. The molecule has 0 aromatic heterocycles. The number of aryl methyl sites for hydroxylation is 2. The fourth-order valence-corrected chi connectivity index (χ4v) is 2.07. The van der Waals surface area contributed by atoms with Crippen molar-refractivity contribution in [3.05, 3.63) is 28.8 Å². The SMILES string of the molecule is CNC(CCC#N)c1cc(C)c(OC)cc1C. The summed E-state index contributed by atoms with van der Waals surface area (Å²) < 4.78 is 5.30. The van der Waals surface area contributed by atoms with Crippen molar-refractivity contribution in [2.24, 2.45) is 0 Å². The third-order valence-electron chi connectivity index (χ3n) is 3.05. The highest BCUT2D eigenvalue weighted by Crippen LogP contribution is 2.28. The highest BCUT2D eigenvalue weighted by atomic mass is 16.5. The number of ether oxygens (including phenoxy) is 1. The van der Waals surface area contributed by atoms with Gasteiger partial charge in [0.05, 0.1) is 13.2 Å². The lowest BCUT2D eigenvalue weighted by Crippen LogP contribution is -2.17. The summed E-state index contributed by atoms with van der Waals surface area (Å²) in [6.07, 6.45) is 1.40. The Labute approximate surface area is 103 Å². The molecule has 92 valence electrons. The number of nitriles is 1. The Hall–Kier alpha value is -1.53. The second kappa shape index (κ2) is 6.27. The molecule has 0 aliphatic carbocycles. The zero-order valence-electron chi connectivity index (χ0n) is 11.0. The molecule has 0 aliphatic rings. The van der Waals surface area contributed by atoms with E-state index in [4.69, 9.17) is 10.00 Å². The number of benzene rings is 1. The fraction of sp³-hybridized carbons (Fsp3) is 0.500. The Bertz CT molecular complexity index is 421. The highest BCUT2D eigenvalue weighted by molar-refractivity contribution is 5.42. The topological polar surface area (TPSA) is 45.0 Å². The molecule has 1 rings (SSSR count). The van der Waals surface area contributed by atoms with E-state index in [1.165, 1.54) is 11.1 Å². The molecule has 0 fully saturated rings. The summed E-state index contributed by atoms with van der Waals surface area (Å²) in [5.41, 5.74) is 3.58. The first-order valence-electron chi connectivity index (χ1n) is 5.83. The smallest absolute Gasteiger partial charge is 0.122 e. The van der Waals surface area contributed by atoms with Crippen LogP contribution in [-0.4, -0.2) is 14.2 Å². The van der Waals surface area contributed by atoms with Crippen molar-refractivity contribution >= 4 is 0 Å². The fourth-order valence-electron chi connectivity index (χ4n) is 2.07. The largest absolute Gasteiger partial charge is 0.496 e. The number of hydrogen-bond acceptors (Lipinski definition) is 3. The minimum Gasteiger partial charge on any atom is -0.496 e. The molecule has 1 atom stereocenters. The molecule has 1 aromatic carbocycles. The van der Waals surface area contributed by atoms with Crippen LogP contribution in [0, 0.1) is 25.2 Å². The van der Waals surface area contributed by atoms with Crippen LogP contribution < -0.4 is 10.1 Å². The molecule has 3 nitrogen and oxygen atoms in total. The number of nitrogens with zero attached hydrogens (tertiary/aromatic N) is 1. The van der Waals surface area contributed by atoms with Crippen molar-refractivity contribution in [3.63, 3.8) is 0 Å². The highest BCUT2D eigenvalue weighted by Gasteiger charge is 2.13. The van der Waals surface area contributed by atoms with E-state index in [0.29, 0.717) is 6.42 Å². The molecule has 17 heavy (non-hydrogen) atoms. The van der Waals surface area contributed by atoms with Crippen molar-refractivity contribution < 1.29 is 4.74 Å². The zero-order chi connectivity index (χ0) is 12.8. The molecule has 3 heteroatoms. The van der Waals surface area contributed by atoms with Gasteiger partial charge >= 0.3 is 0 Å². The second-order valence-corrected chi connectivity index (χ2v) is 4.22. The average Bonchev–Trinajstić information content (AvgIpc) is 2.33. The number of methoxy groups -OCH3 is 1. The average molecular weight is 232 g/mol. The lowest BCUT2D eigenvalue weighted by Gasteiger charge is -2.19. The van der Waals surface area contributed by atoms with E-state index in [-0.39, 0.29) is 6.04 Å². The summed E-state index contributed by atoms with van der Waals surface area (Å²) in [5, 5.41) is 11.9. The van der Waals surface area contributed by atoms with Gasteiger partial charge in [0.1, 0.15) is 5.75 Å². The van der Waals surface area contributed by atoms with E-state index in [0.717, 1.165) is 17.7 Å². The Balaban J connectivity index is 3.04. The van der Waals surface area contributed by atoms with Crippen molar-refractivity contribution in [1.82, 2.24) is 5.32 Å². The van der Waals surface area contributed by atoms with Crippen molar-refractivity contribution in [2.75, 3.05) is 14.2 Å². The van der Waals surface area contributed by atoms with Gasteiger partial charge in [-0.1, -0.05) is 6.07 Å². The monoisotopic (exact) mass is 232 g/mol. The predicted molar refractivity (Wildman–Crippen MR) is 69.1 cm³/mol. The molecule has 0 bridgehead atoms. The van der Waals surface area contributed by atoms with Gasteiger partial charge in [-0.15, -0.1) is 0 Å². The molecule has 1 unspecified atom stereocenters. The van der Waals surface area contributed by atoms with Gasteiger partial charge in [0, 0.05) is 12.5 Å². The van der Waals surface area contributed by atoms with Crippen LogP contribution in [0.1, 0.15) is 35.6 Å². The first-order valence-corrected chi connectivity index (χ1v) is 5.83. The molecule has 0 radical (unpaired) electrons. The van der Waals surface area contributed by atoms with Crippen LogP contribution in [0.5, 0.6) is 5.75 Å². The van der Waals surface area contributed by atoms with E-state index in [2.05, 4.69) is 30.4 Å². The second-order valence-electron chi connectivity index (χ2n) is 4.22. The lowest BCUT2D eigenvalue weighted by molar-refractivity contribution is 0.410. The maximum Gasteiger partial charge on any atom is 0.122 e. The van der Waals surface area contributed by atoms with Crippen LogP contribution in [-0.2, 0) is 0 Å². The van der Waals surface area contributed by atoms with Gasteiger partial charge in [-0.25, -0.2) is 0 Å². The van der Waals surface area contributed by atoms with E-state index in [9.17, 15) is 0 Å². The van der Waals surface area contributed by atoms with Crippen LogP contribution in [0.2, 0.25) is 0 Å². The molecule has 0 spiro atoms. The maximum atomic E-state index is 8.67. The van der Waals surface area contributed by atoms with E-state index in [1.807, 2.05) is 14.0 Å². The van der Waals surface area contributed by atoms with Crippen LogP contribution in [0.3, 0.4) is 0 Å². The van der Waals surface area contributed by atoms with Gasteiger partial charge in [-0.3, -0.25) is 0 Å². The molecule has 0 saturated carbocycles. The van der Waals surface area contributed by atoms with Crippen LogP contribution >= 0.6 is 0 Å². The third kappa shape index (κ3) is 3.21. The van der Waals surface area contributed by atoms with Gasteiger partial charge in [0.2, 0.25) is 0 Å². The van der Waals surface area contributed by atoms with E-state index >= 15 is 0 Å². The first-order chi connectivity index (χ1) is 8.13. The molecule has 1 N–H and O–H groups in total. The van der Waals surface area contributed by atoms with Crippen molar-refractivity contribution in [3.8, 4) is 11.8 Å². The minimum absolute atomic E-state index is 0.235. The van der Waals surface area contributed by atoms with E-state index < -0.39 is 0 Å². The molecular weight excluding hydrogens is 212 g/mol. The standard InChI is InChI=1S/C14H20N2O/c1-10-9-14(17-4)11(2)8-12(10)13(16-3)6-5-7-15/h8-9,13,16H,5-6H2,1-4H3. The summed E-state index contributed by atoms with van der Waals surface area (Å²) in [6.45, 7) is 4.12. The molecule has 0 heterocycles. The Kier molecular flexibility index (Phi) is 4.99. The van der Waals surface area contributed by atoms with Gasteiger partial charge in [-0.2, -0.15) is 5.26 Å². The number of rotatable bonds is 5. The Morgan fingerprint density at radius 2 is 2.06 bits per heavy atom. The number of nitrogens with one attached hydrogen (secondary N) is 1. The van der Waals surface area contributed by atoms with Gasteiger partial charge < -0.3 is 10.1 Å². The van der Waals surface area contributed by atoms with Gasteiger partial charge in [-0.05, 0) is 50.1 Å². The first kappa shape index (κ1) is 13.5. The lowest BCUT2D eigenvalue weighted by atomic mass is 9.95. The summed E-state index contributed by atoms with van der Waals surface area (Å²) >= 11 is 0. The van der Waals surface area contributed by atoms with Crippen LogP contribution in [0.4, 0.5) is 0 Å². The predicted octanol–water partition coefficient (Wildman–Crippen LogP) is 2.88. The Morgan fingerprint density at radius 1 is 1.35 bits per heavy atom. The molecule has 0 saturated heterocycles. The summed E-state index contributed by atoms with van der Waals surface area (Å²) in [5.74, 6) is 0.918. The third-order valence-corrected chi connectivity index (χ3v) is 3.05. The van der Waals surface area contributed by atoms with Crippen molar-refractivity contribution in [2.45, 2.75) is 32.7 Å². The van der Waals surface area contributed by atoms with Crippen molar-refractivity contribution in [1.29, 1.82) is 5.26 Å². The summed E-state index contributed by atoms with van der Waals surface area (Å²) in [6, 6.07) is 6.63. The zero-order valence-corrected chi connectivity index (χ0v) is 11.0. The van der Waals surface area contributed by atoms with Crippen LogP contribution in [0.15, 0.2) is 12.1 Å².